The molecule has 0 radical (unpaired) electrons. The number of piperidine rings is 1. The molecule has 96 valence electrons. The van der Waals surface area contributed by atoms with Gasteiger partial charge in [0.1, 0.15) is 0 Å². The van der Waals surface area contributed by atoms with Crippen molar-refractivity contribution in [1.82, 2.24) is 9.88 Å². The summed E-state index contributed by atoms with van der Waals surface area (Å²) < 4.78 is 0. The average Bonchev–Trinajstić information content (AvgIpc) is 3.23. The third-order valence-electron chi connectivity index (χ3n) is 4.04. The van der Waals surface area contributed by atoms with Crippen molar-refractivity contribution in [2.24, 2.45) is 0 Å². The molecule has 1 aromatic heterocycles. The van der Waals surface area contributed by atoms with Crippen LogP contribution in [0.4, 0.5) is 4.79 Å². The Morgan fingerprint density at radius 3 is 2.56 bits per heavy atom. The lowest BCUT2D eigenvalue weighted by atomic mass is 9.89. The number of carboxylic acid groups (broad SMARTS) is 1. The molecule has 1 saturated carbocycles. The van der Waals surface area contributed by atoms with Crippen molar-refractivity contribution in [3.05, 3.63) is 29.6 Å². The Morgan fingerprint density at radius 1 is 1.22 bits per heavy atom. The Balaban J connectivity index is 1.68. The Morgan fingerprint density at radius 2 is 1.94 bits per heavy atom. The standard InChI is InChI=1S/C14H18N2O2/c17-14(18)16-7-4-10(5-8-16)12-3-6-15-13(9-12)11-1-2-11/h3,6,9-11H,1-2,4-5,7-8H2,(H,17,18). The van der Waals surface area contributed by atoms with Gasteiger partial charge in [-0.15, -0.1) is 0 Å². The van der Waals surface area contributed by atoms with E-state index in [-0.39, 0.29) is 0 Å². The quantitative estimate of drug-likeness (QED) is 0.873. The number of aromatic nitrogens is 1. The molecule has 4 nitrogen and oxygen atoms in total. The minimum absolute atomic E-state index is 0.501. The summed E-state index contributed by atoms with van der Waals surface area (Å²) >= 11 is 0. The van der Waals surface area contributed by atoms with Crippen LogP contribution in [0.3, 0.4) is 0 Å². The molecule has 0 bridgehead atoms. The van der Waals surface area contributed by atoms with E-state index >= 15 is 0 Å². The summed E-state index contributed by atoms with van der Waals surface area (Å²) in [7, 11) is 0. The number of nitrogens with zero attached hydrogens (tertiary/aromatic N) is 2. The van der Waals surface area contributed by atoms with Crippen LogP contribution in [-0.4, -0.2) is 34.2 Å². The van der Waals surface area contributed by atoms with E-state index in [4.69, 9.17) is 5.11 Å². The molecular weight excluding hydrogens is 228 g/mol. The minimum Gasteiger partial charge on any atom is -0.465 e. The fourth-order valence-corrected chi connectivity index (χ4v) is 2.73. The smallest absolute Gasteiger partial charge is 0.407 e. The first-order valence-electron chi connectivity index (χ1n) is 6.68. The van der Waals surface area contributed by atoms with Crippen LogP contribution in [-0.2, 0) is 0 Å². The summed E-state index contributed by atoms with van der Waals surface area (Å²) in [5, 5.41) is 8.94. The predicted molar refractivity (Wildman–Crippen MR) is 67.8 cm³/mol. The van der Waals surface area contributed by atoms with Gasteiger partial charge in [0.2, 0.25) is 0 Å². The first-order chi connectivity index (χ1) is 8.74. The predicted octanol–water partition coefficient (Wildman–Crippen LogP) is 2.82. The van der Waals surface area contributed by atoms with Crippen LogP contribution in [0.2, 0.25) is 0 Å². The van der Waals surface area contributed by atoms with Crippen LogP contribution in [0, 0.1) is 0 Å². The zero-order chi connectivity index (χ0) is 12.5. The second kappa shape index (κ2) is 4.59. The Kier molecular flexibility index (Phi) is 2.94. The summed E-state index contributed by atoms with van der Waals surface area (Å²) in [5.41, 5.74) is 2.57. The lowest BCUT2D eigenvalue weighted by molar-refractivity contribution is 0.132. The van der Waals surface area contributed by atoms with Crippen LogP contribution in [0.15, 0.2) is 18.3 Å². The number of pyridine rings is 1. The van der Waals surface area contributed by atoms with Gasteiger partial charge in [-0.2, -0.15) is 0 Å². The van der Waals surface area contributed by atoms with Crippen molar-refractivity contribution >= 4 is 6.09 Å². The van der Waals surface area contributed by atoms with Crippen molar-refractivity contribution in [3.8, 4) is 0 Å². The largest absolute Gasteiger partial charge is 0.465 e. The van der Waals surface area contributed by atoms with E-state index in [2.05, 4.69) is 17.1 Å². The fraction of sp³-hybridized carbons (Fsp3) is 0.571. The minimum atomic E-state index is -0.790. The maximum absolute atomic E-state index is 10.9. The highest BCUT2D eigenvalue weighted by atomic mass is 16.4. The lowest BCUT2D eigenvalue weighted by Crippen LogP contribution is -2.36. The summed E-state index contributed by atoms with van der Waals surface area (Å²) in [5.74, 6) is 1.19. The van der Waals surface area contributed by atoms with Gasteiger partial charge in [0.25, 0.3) is 0 Å². The maximum atomic E-state index is 10.9. The summed E-state index contributed by atoms with van der Waals surface area (Å²) in [6.07, 6.45) is 5.52. The van der Waals surface area contributed by atoms with Crippen LogP contribution < -0.4 is 0 Å². The van der Waals surface area contributed by atoms with Crippen molar-refractivity contribution in [2.45, 2.75) is 37.5 Å². The molecule has 2 aliphatic rings. The van der Waals surface area contributed by atoms with E-state index in [0.717, 1.165) is 12.8 Å². The second-order valence-electron chi connectivity index (χ2n) is 5.33. The van der Waals surface area contributed by atoms with Crippen LogP contribution >= 0.6 is 0 Å². The topological polar surface area (TPSA) is 53.4 Å². The fourth-order valence-electron chi connectivity index (χ4n) is 2.73. The molecule has 3 rings (SSSR count). The van der Waals surface area contributed by atoms with Crippen molar-refractivity contribution in [3.63, 3.8) is 0 Å². The van der Waals surface area contributed by atoms with Gasteiger partial charge in [-0.1, -0.05) is 0 Å². The number of likely N-dealkylation sites (tertiary alicyclic amines) is 1. The number of amides is 1. The number of hydrogen-bond acceptors (Lipinski definition) is 2. The van der Waals surface area contributed by atoms with Gasteiger partial charge in [-0.05, 0) is 49.3 Å². The van der Waals surface area contributed by atoms with Gasteiger partial charge in [0, 0.05) is 30.9 Å². The highest BCUT2D eigenvalue weighted by Crippen LogP contribution is 2.40. The third kappa shape index (κ3) is 2.33. The molecule has 2 heterocycles. The van der Waals surface area contributed by atoms with E-state index in [1.54, 1.807) is 0 Å². The lowest BCUT2D eigenvalue weighted by Gasteiger charge is -2.30. The molecule has 1 aliphatic heterocycles. The van der Waals surface area contributed by atoms with Gasteiger partial charge in [-0.3, -0.25) is 4.98 Å². The molecule has 0 aromatic carbocycles. The summed E-state index contributed by atoms with van der Waals surface area (Å²) in [4.78, 5) is 16.8. The molecule has 1 amide bonds. The van der Waals surface area contributed by atoms with E-state index in [1.807, 2.05) is 6.20 Å². The molecule has 0 spiro atoms. The van der Waals surface area contributed by atoms with E-state index < -0.39 is 6.09 Å². The first-order valence-corrected chi connectivity index (χ1v) is 6.68. The SMILES string of the molecule is O=C(O)N1CCC(c2ccnc(C3CC3)c2)CC1. The Labute approximate surface area is 107 Å². The molecule has 2 fully saturated rings. The molecular formula is C14H18N2O2. The number of carbonyl (C=O) groups is 1. The zero-order valence-corrected chi connectivity index (χ0v) is 10.4. The molecule has 1 aromatic rings. The Bertz CT molecular complexity index is 449. The molecule has 1 saturated heterocycles. The van der Waals surface area contributed by atoms with E-state index in [0.29, 0.717) is 24.9 Å². The summed E-state index contributed by atoms with van der Waals surface area (Å²) in [6, 6.07) is 4.33. The van der Waals surface area contributed by atoms with Gasteiger partial charge in [-0.25, -0.2) is 4.79 Å². The monoisotopic (exact) mass is 246 g/mol. The van der Waals surface area contributed by atoms with Gasteiger partial charge >= 0.3 is 6.09 Å². The number of rotatable bonds is 2. The highest BCUT2D eigenvalue weighted by molar-refractivity contribution is 5.65. The molecule has 1 aliphatic carbocycles. The van der Waals surface area contributed by atoms with Gasteiger partial charge < -0.3 is 10.0 Å². The molecule has 0 unspecified atom stereocenters. The van der Waals surface area contributed by atoms with Crippen molar-refractivity contribution in [1.29, 1.82) is 0 Å². The van der Waals surface area contributed by atoms with Crippen LogP contribution in [0.25, 0.3) is 0 Å². The van der Waals surface area contributed by atoms with Crippen LogP contribution in [0.5, 0.6) is 0 Å². The highest BCUT2D eigenvalue weighted by Gasteiger charge is 2.27. The molecule has 0 atom stereocenters. The van der Waals surface area contributed by atoms with Crippen molar-refractivity contribution in [2.75, 3.05) is 13.1 Å². The van der Waals surface area contributed by atoms with E-state index in [9.17, 15) is 4.79 Å². The summed E-state index contributed by atoms with van der Waals surface area (Å²) in [6.45, 7) is 1.31. The first kappa shape index (κ1) is 11.5. The van der Waals surface area contributed by atoms with Gasteiger partial charge in [0.05, 0.1) is 0 Å². The second-order valence-corrected chi connectivity index (χ2v) is 5.33. The normalized spacial score (nSPS) is 21.0. The number of hydrogen-bond donors (Lipinski definition) is 1. The average molecular weight is 246 g/mol. The van der Waals surface area contributed by atoms with Crippen LogP contribution in [0.1, 0.15) is 48.8 Å². The molecule has 18 heavy (non-hydrogen) atoms. The molecule has 1 N–H and O–H groups in total. The molecule has 4 heteroatoms. The maximum Gasteiger partial charge on any atom is 0.407 e. The van der Waals surface area contributed by atoms with Gasteiger partial charge in [0.15, 0.2) is 0 Å². The van der Waals surface area contributed by atoms with E-state index in [1.165, 1.54) is 29.0 Å². The van der Waals surface area contributed by atoms with Crippen molar-refractivity contribution < 1.29 is 9.90 Å². The third-order valence-corrected chi connectivity index (χ3v) is 4.04. The zero-order valence-electron chi connectivity index (χ0n) is 10.4. The Hall–Kier alpha value is -1.58.